The summed E-state index contributed by atoms with van der Waals surface area (Å²) in [6, 6.07) is 26.2. The fraction of sp³-hybridized carbons (Fsp3) is 0.143. The molecule has 1 aliphatic heterocycles. The summed E-state index contributed by atoms with van der Waals surface area (Å²) in [5.74, 6) is 0.620. The van der Waals surface area contributed by atoms with Gasteiger partial charge in [-0.1, -0.05) is 65.9 Å². The van der Waals surface area contributed by atoms with Gasteiger partial charge in [0, 0.05) is 17.2 Å². The molecule has 0 amide bonds. The van der Waals surface area contributed by atoms with Crippen molar-refractivity contribution in [1.29, 1.82) is 0 Å². The van der Waals surface area contributed by atoms with E-state index in [0.717, 1.165) is 11.1 Å². The summed E-state index contributed by atoms with van der Waals surface area (Å²) in [5.41, 5.74) is 2.94. The average molecular weight is 621 g/mol. The van der Waals surface area contributed by atoms with Gasteiger partial charge in [0.05, 0.1) is 48.2 Å². The Morgan fingerprint density at radius 3 is 2.42 bits per heavy atom. The molecule has 45 heavy (non-hydrogen) atoms. The van der Waals surface area contributed by atoms with Gasteiger partial charge in [-0.2, -0.15) is 0 Å². The Labute approximate surface area is 262 Å². The summed E-state index contributed by atoms with van der Waals surface area (Å²) in [5, 5.41) is 0. The van der Waals surface area contributed by atoms with Gasteiger partial charge >= 0.3 is 11.9 Å². The van der Waals surface area contributed by atoms with Crippen LogP contribution in [-0.4, -0.2) is 37.3 Å². The second-order valence-electron chi connectivity index (χ2n) is 9.98. The molecule has 0 fully saturated rings. The highest BCUT2D eigenvalue weighted by Gasteiger charge is 2.35. The van der Waals surface area contributed by atoms with Crippen molar-refractivity contribution < 1.29 is 28.2 Å². The molecule has 0 saturated heterocycles. The highest BCUT2D eigenvalue weighted by molar-refractivity contribution is 7.07. The molecular formula is C35H28N2O7S. The highest BCUT2D eigenvalue weighted by Crippen LogP contribution is 2.36. The Balaban J connectivity index is 1.51. The van der Waals surface area contributed by atoms with Gasteiger partial charge in [-0.05, 0) is 48.9 Å². The molecule has 226 valence electrons. The van der Waals surface area contributed by atoms with Crippen LogP contribution in [0, 0.1) is 0 Å². The number of esters is 2. The van der Waals surface area contributed by atoms with Crippen LogP contribution in [0.2, 0.25) is 0 Å². The van der Waals surface area contributed by atoms with E-state index in [1.807, 2.05) is 42.5 Å². The standard InChI is InChI=1S/C35H28N2O7S/c1-4-43-34(40)29-30(22-9-6-5-7-10-22)36-35-37(31(29)24-11-8-12-25(19-24)41-2)32(38)28(45-35)20-26-17-18-27(44-26)21-13-15-23(16-14-21)33(39)42-3/h5-20,31H,4H2,1-3H3/b28-20-/t31-/m1/s1. The van der Waals surface area contributed by atoms with Crippen molar-refractivity contribution in [3.05, 3.63) is 139 Å². The first-order chi connectivity index (χ1) is 21.9. The van der Waals surface area contributed by atoms with Crippen molar-refractivity contribution in [1.82, 2.24) is 4.57 Å². The lowest BCUT2D eigenvalue weighted by atomic mass is 9.93. The lowest BCUT2D eigenvalue weighted by molar-refractivity contribution is -0.138. The number of thiazole rings is 1. The van der Waals surface area contributed by atoms with Gasteiger partial charge in [0.1, 0.15) is 17.3 Å². The van der Waals surface area contributed by atoms with Crippen LogP contribution in [0.4, 0.5) is 0 Å². The van der Waals surface area contributed by atoms with E-state index in [1.165, 1.54) is 23.0 Å². The van der Waals surface area contributed by atoms with Crippen molar-refractivity contribution >= 4 is 35.0 Å². The largest absolute Gasteiger partial charge is 0.497 e. The van der Waals surface area contributed by atoms with Crippen LogP contribution in [0.3, 0.4) is 0 Å². The molecule has 6 rings (SSSR count). The molecule has 10 heteroatoms. The lowest BCUT2D eigenvalue weighted by Gasteiger charge is -2.26. The van der Waals surface area contributed by atoms with E-state index in [1.54, 1.807) is 68.6 Å². The van der Waals surface area contributed by atoms with Crippen molar-refractivity contribution in [3.63, 3.8) is 0 Å². The van der Waals surface area contributed by atoms with Crippen molar-refractivity contribution in [2.24, 2.45) is 4.99 Å². The number of hydrogen-bond donors (Lipinski definition) is 0. The topological polar surface area (TPSA) is 109 Å². The highest BCUT2D eigenvalue weighted by atomic mass is 32.1. The second kappa shape index (κ2) is 12.6. The summed E-state index contributed by atoms with van der Waals surface area (Å²) >= 11 is 1.20. The quantitative estimate of drug-likeness (QED) is 0.225. The third-order valence-corrected chi connectivity index (χ3v) is 8.26. The number of rotatable bonds is 8. The fourth-order valence-electron chi connectivity index (χ4n) is 5.17. The van der Waals surface area contributed by atoms with Gasteiger partial charge in [0.2, 0.25) is 0 Å². The van der Waals surface area contributed by atoms with Gasteiger partial charge in [0.25, 0.3) is 5.56 Å². The number of hydrogen-bond acceptors (Lipinski definition) is 9. The van der Waals surface area contributed by atoms with Gasteiger partial charge in [0.15, 0.2) is 4.80 Å². The van der Waals surface area contributed by atoms with Gasteiger partial charge in [-0.25, -0.2) is 14.6 Å². The first-order valence-corrected chi connectivity index (χ1v) is 14.9. The van der Waals surface area contributed by atoms with E-state index in [-0.39, 0.29) is 17.7 Å². The molecule has 0 N–H and O–H groups in total. The van der Waals surface area contributed by atoms with Crippen LogP contribution in [0.15, 0.2) is 111 Å². The van der Waals surface area contributed by atoms with Crippen LogP contribution in [0.1, 0.15) is 40.2 Å². The number of carbonyl (C=O) groups is 2. The Kier molecular flexibility index (Phi) is 8.30. The summed E-state index contributed by atoms with van der Waals surface area (Å²) < 4.78 is 23.7. The molecule has 0 saturated carbocycles. The summed E-state index contributed by atoms with van der Waals surface area (Å²) in [6.07, 6.45) is 1.66. The Morgan fingerprint density at radius 1 is 0.933 bits per heavy atom. The number of aromatic nitrogens is 1. The lowest BCUT2D eigenvalue weighted by Crippen LogP contribution is -2.40. The molecule has 2 aromatic heterocycles. The zero-order chi connectivity index (χ0) is 31.5. The summed E-state index contributed by atoms with van der Waals surface area (Å²) in [7, 11) is 2.89. The minimum Gasteiger partial charge on any atom is -0.497 e. The van der Waals surface area contributed by atoms with E-state index in [4.69, 9.17) is 23.6 Å². The maximum absolute atomic E-state index is 14.1. The minimum atomic E-state index is -0.826. The number of methoxy groups -OCH3 is 2. The van der Waals surface area contributed by atoms with Crippen LogP contribution in [0.5, 0.6) is 5.75 Å². The number of fused-ring (bicyclic) bond motifs is 1. The molecule has 5 aromatic rings. The summed E-state index contributed by atoms with van der Waals surface area (Å²) in [6.45, 7) is 1.90. The average Bonchev–Trinajstić information content (AvgIpc) is 3.68. The summed E-state index contributed by atoms with van der Waals surface area (Å²) in [4.78, 5) is 44.8. The first kappa shape index (κ1) is 29.6. The SMILES string of the molecule is CCOC(=O)C1=C(c2ccccc2)N=c2s/c(=C\c3ccc(-c4ccc(C(=O)OC)cc4)o3)c(=O)n2[C@@H]1c1cccc(OC)c1. The minimum absolute atomic E-state index is 0.159. The van der Waals surface area contributed by atoms with Crippen LogP contribution < -0.4 is 19.6 Å². The van der Waals surface area contributed by atoms with E-state index in [9.17, 15) is 14.4 Å². The number of ether oxygens (including phenoxy) is 3. The van der Waals surface area contributed by atoms with E-state index < -0.39 is 18.0 Å². The van der Waals surface area contributed by atoms with Crippen LogP contribution in [-0.2, 0) is 14.3 Å². The van der Waals surface area contributed by atoms with Crippen molar-refractivity contribution in [2.75, 3.05) is 20.8 Å². The molecular weight excluding hydrogens is 592 g/mol. The molecule has 0 bridgehead atoms. The molecule has 0 radical (unpaired) electrons. The molecule has 0 aliphatic carbocycles. The first-order valence-electron chi connectivity index (χ1n) is 14.1. The fourth-order valence-corrected chi connectivity index (χ4v) is 6.15. The third kappa shape index (κ3) is 5.75. The maximum Gasteiger partial charge on any atom is 0.338 e. The third-order valence-electron chi connectivity index (χ3n) is 7.27. The molecule has 9 nitrogen and oxygen atoms in total. The predicted molar refractivity (Wildman–Crippen MR) is 170 cm³/mol. The van der Waals surface area contributed by atoms with Gasteiger partial charge < -0.3 is 18.6 Å². The van der Waals surface area contributed by atoms with E-state index in [0.29, 0.717) is 43.4 Å². The van der Waals surface area contributed by atoms with Crippen molar-refractivity contribution in [3.8, 4) is 17.1 Å². The number of furan rings is 1. The second-order valence-corrected chi connectivity index (χ2v) is 11.0. The van der Waals surface area contributed by atoms with Gasteiger partial charge in [-0.3, -0.25) is 9.36 Å². The molecule has 1 atom stereocenters. The zero-order valence-corrected chi connectivity index (χ0v) is 25.5. The molecule has 3 heterocycles. The zero-order valence-electron chi connectivity index (χ0n) is 24.7. The van der Waals surface area contributed by atoms with E-state index >= 15 is 0 Å². The van der Waals surface area contributed by atoms with Gasteiger partial charge in [-0.15, -0.1) is 0 Å². The molecule has 0 unspecified atom stereocenters. The Hall–Kier alpha value is -5.48. The normalized spacial score (nSPS) is 14.5. The van der Waals surface area contributed by atoms with Crippen LogP contribution in [0.25, 0.3) is 23.1 Å². The predicted octanol–water partition coefficient (Wildman–Crippen LogP) is 4.99. The number of benzene rings is 3. The molecule has 3 aromatic carbocycles. The Morgan fingerprint density at radius 2 is 1.71 bits per heavy atom. The van der Waals surface area contributed by atoms with E-state index in [2.05, 4.69) is 0 Å². The maximum atomic E-state index is 14.1. The monoisotopic (exact) mass is 620 g/mol. The number of carbonyl (C=O) groups excluding carboxylic acids is 2. The smallest absolute Gasteiger partial charge is 0.338 e. The number of nitrogens with zero attached hydrogens (tertiary/aromatic N) is 2. The Bertz CT molecular complexity index is 2110. The molecule has 1 aliphatic rings. The van der Waals surface area contributed by atoms with Crippen LogP contribution >= 0.6 is 11.3 Å². The molecule has 0 spiro atoms. The van der Waals surface area contributed by atoms with Crippen molar-refractivity contribution in [2.45, 2.75) is 13.0 Å².